The number of urea groups is 1. The molecule has 7 heteroatoms. The highest BCUT2D eigenvalue weighted by molar-refractivity contribution is 5.87. The lowest BCUT2D eigenvalue weighted by atomic mass is 9.77. The van der Waals surface area contributed by atoms with Gasteiger partial charge < -0.3 is 21.5 Å². The van der Waals surface area contributed by atoms with Gasteiger partial charge in [0.05, 0.1) is 5.41 Å². The molecular formula is C14H25N3O4. The van der Waals surface area contributed by atoms with Crippen LogP contribution in [-0.2, 0) is 9.59 Å². The van der Waals surface area contributed by atoms with E-state index in [1.165, 1.54) is 0 Å². The van der Waals surface area contributed by atoms with E-state index in [0.29, 0.717) is 18.8 Å². The highest BCUT2D eigenvalue weighted by atomic mass is 16.4. The molecule has 1 aliphatic rings. The first-order valence-electron chi connectivity index (χ1n) is 7.18. The van der Waals surface area contributed by atoms with E-state index in [2.05, 4.69) is 17.6 Å². The average Bonchev–Trinajstić information content (AvgIpc) is 2.39. The number of carbonyl (C=O) groups is 3. The summed E-state index contributed by atoms with van der Waals surface area (Å²) in [6.45, 7) is 5.36. The molecule has 0 aromatic heterocycles. The van der Waals surface area contributed by atoms with Crippen LogP contribution in [0, 0.1) is 11.3 Å². The summed E-state index contributed by atoms with van der Waals surface area (Å²) in [5, 5.41) is 14.5. The summed E-state index contributed by atoms with van der Waals surface area (Å²) in [6.07, 6.45) is 2.35. The standard InChI is InChI=1S/C14H25N3O4/c1-9-4-6-14(7-5-9,11(19)20)17-12(21)16-8-13(2,3)10(15)18/h9H,4-8H2,1-3H3,(H2,15,18)(H,19,20)(H2,16,17,21). The number of aliphatic carboxylic acids is 1. The summed E-state index contributed by atoms with van der Waals surface area (Å²) < 4.78 is 0. The minimum atomic E-state index is -1.21. The molecule has 1 fully saturated rings. The van der Waals surface area contributed by atoms with Crippen molar-refractivity contribution in [3.8, 4) is 0 Å². The lowest BCUT2D eigenvalue weighted by Crippen LogP contribution is -2.59. The van der Waals surface area contributed by atoms with Gasteiger partial charge in [-0.05, 0) is 45.4 Å². The number of carboxylic acids is 1. The van der Waals surface area contributed by atoms with Crippen LogP contribution in [0.5, 0.6) is 0 Å². The van der Waals surface area contributed by atoms with Crippen LogP contribution in [0.1, 0.15) is 46.5 Å². The summed E-state index contributed by atoms with van der Waals surface area (Å²) in [7, 11) is 0. The fourth-order valence-electron chi connectivity index (χ4n) is 2.30. The van der Waals surface area contributed by atoms with Crippen molar-refractivity contribution in [2.45, 2.75) is 52.0 Å². The third-order valence-electron chi connectivity index (χ3n) is 4.25. The Hall–Kier alpha value is -1.79. The Morgan fingerprint density at radius 2 is 1.81 bits per heavy atom. The van der Waals surface area contributed by atoms with Crippen LogP contribution in [0.4, 0.5) is 4.79 Å². The molecule has 0 aliphatic heterocycles. The van der Waals surface area contributed by atoms with Crippen LogP contribution >= 0.6 is 0 Å². The van der Waals surface area contributed by atoms with Crippen LogP contribution < -0.4 is 16.4 Å². The highest BCUT2D eigenvalue weighted by Gasteiger charge is 2.42. The van der Waals surface area contributed by atoms with Crippen molar-refractivity contribution in [3.63, 3.8) is 0 Å². The molecule has 0 radical (unpaired) electrons. The van der Waals surface area contributed by atoms with Crippen LogP contribution in [0.15, 0.2) is 0 Å². The minimum absolute atomic E-state index is 0.0558. The Kier molecular flexibility index (Phi) is 5.20. The van der Waals surface area contributed by atoms with Crippen molar-refractivity contribution in [3.05, 3.63) is 0 Å². The molecule has 0 bridgehead atoms. The van der Waals surface area contributed by atoms with Crippen molar-refractivity contribution < 1.29 is 19.5 Å². The van der Waals surface area contributed by atoms with Gasteiger partial charge in [-0.3, -0.25) is 4.79 Å². The second-order valence-electron chi connectivity index (χ2n) is 6.63. The average molecular weight is 299 g/mol. The van der Waals surface area contributed by atoms with E-state index in [-0.39, 0.29) is 6.54 Å². The van der Waals surface area contributed by atoms with Gasteiger partial charge in [0.25, 0.3) is 0 Å². The Morgan fingerprint density at radius 1 is 1.29 bits per heavy atom. The van der Waals surface area contributed by atoms with Gasteiger partial charge >= 0.3 is 12.0 Å². The molecule has 0 aromatic carbocycles. The largest absolute Gasteiger partial charge is 0.480 e. The first-order chi connectivity index (χ1) is 9.59. The molecule has 21 heavy (non-hydrogen) atoms. The van der Waals surface area contributed by atoms with Crippen molar-refractivity contribution in [2.75, 3.05) is 6.54 Å². The molecule has 0 spiro atoms. The Labute approximate surface area is 124 Å². The van der Waals surface area contributed by atoms with Gasteiger partial charge in [0.15, 0.2) is 0 Å². The van der Waals surface area contributed by atoms with Gasteiger partial charge in [-0.1, -0.05) is 6.92 Å². The third-order valence-corrected chi connectivity index (χ3v) is 4.25. The lowest BCUT2D eigenvalue weighted by Gasteiger charge is -2.36. The number of nitrogens with one attached hydrogen (secondary N) is 2. The zero-order valence-electron chi connectivity index (χ0n) is 12.9. The zero-order chi connectivity index (χ0) is 16.3. The van der Waals surface area contributed by atoms with Crippen LogP contribution in [0.3, 0.4) is 0 Å². The van der Waals surface area contributed by atoms with E-state index in [9.17, 15) is 19.5 Å². The van der Waals surface area contributed by atoms with E-state index in [1.54, 1.807) is 13.8 Å². The molecule has 0 heterocycles. The maximum Gasteiger partial charge on any atom is 0.329 e. The quantitative estimate of drug-likeness (QED) is 0.600. The highest BCUT2D eigenvalue weighted by Crippen LogP contribution is 2.32. The van der Waals surface area contributed by atoms with Crippen molar-refractivity contribution in [2.24, 2.45) is 17.1 Å². The molecular weight excluding hydrogens is 274 g/mol. The first-order valence-corrected chi connectivity index (χ1v) is 7.18. The topological polar surface area (TPSA) is 122 Å². The predicted molar refractivity (Wildman–Crippen MR) is 77.5 cm³/mol. The number of rotatable bonds is 5. The molecule has 0 saturated heterocycles. The van der Waals surface area contributed by atoms with Crippen LogP contribution in [-0.4, -0.2) is 35.1 Å². The Bertz CT molecular complexity index is 426. The number of primary amides is 1. The first kappa shape index (κ1) is 17.3. The normalized spacial score (nSPS) is 26.0. The van der Waals surface area contributed by atoms with Crippen molar-refractivity contribution >= 4 is 17.9 Å². The van der Waals surface area contributed by atoms with Gasteiger partial charge in [0.2, 0.25) is 5.91 Å². The van der Waals surface area contributed by atoms with Gasteiger partial charge in [-0.2, -0.15) is 0 Å². The number of carboxylic acid groups (broad SMARTS) is 1. The van der Waals surface area contributed by atoms with Gasteiger partial charge in [-0.25, -0.2) is 9.59 Å². The predicted octanol–water partition coefficient (Wildman–Crippen LogP) is 0.831. The number of hydrogen-bond donors (Lipinski definition) is 4. The molecule has 1 saturated carbocycles. The summed E-state index contributed by atoms with van der Waals surface area (Å²) in [4.78, 5) is 34.6. The summed E-state index contributed by atoms with van der Waals surface area (Å²) in [6, 6.07) is -0.582. The van der Waals surface area contributed by atoms with Gasteiger partial charge in [0.1, 0.15) is 5.54 Å². The number of nitrogens with two attached hydrogens (primary N) is 1. The van der Waals surface area contributed by atoms with Crippen LogP contribution in [0.2, 0.25) is 0 Å². The minimum Gasteiger partial charge on any atom is -0.480 e. The SMILES string of the molecule is CC1CCC(NC(=O)NCC(C)(C)C(N)=O)(C(=O)O)CC1. The summed E-state index contributed by atoms with van der Waals surface area (Å²) in [5.74, 6) is -1.07. The molecule has 0 aromatic rings. The Balaban J connectivity index is 2.62. The summed E-state index contributed by atoms with van der Waals surface area (Å²) in [5.41, 5.74) is 3.13. The summed E-state index contributed by atoms with van der Waals surface area (Å²) >= 11 is 0. The van der Waals surface area contributed by atoms with E-state index < -0.39 is 28.9 Å². The van der Waals surface area contributed by atoms with E-state index in [0.717, 1.165) is 12.8 Å². The monoisotopic (exact) mass is 299 g/mol. The van der Waals surface area contributed by atoms with Crippen molar-refractivity contribution in [1.29, 1.82) is 0 Å². The van der Waals surface area contributed by atoms with E-state index in [1.807, 2.05) is 0 Å². The fourth-order valence-corrected chi connectivity index (χ4v) is 2.30. The second-order valence-corrected chi connectivity index (χ2v) is 6.63. The fraction of sp³-hybridized carbons (Fsp3) is 0.786. The molecule has 7 nitrogen and oxygen atoms in total. The molecule has 1 aliphatic carbocycles. The third kappa shape index (κ3) is 4.34. The smallest absolute Gasteiger partial charge is 0.329 e. The zero-order valence-corrected chi connectivity index (χ0v) is 12.9. The van der Waals surface area contributed by atoms with E-state index in [4.69, 9.17) is 5.73 Å². The Morgan fingerprint density at radius 3 is 2.24 bits per heavy atom. The number of hydrogen-bond acceptors (Lipinski definition) is 3. The molecule has 1 rings (SSSR count). The van der Waals surface area contributed by atoms with Gasteiger partial charge in [0, 0.05) is 6.54 Å². The molecule has 3 amide bonds. The molecule has 0 unspecified atom stereocenters. The van der Waals surface area contributed by atoms with Crippen LogP contribution in [0.25, 0.3) is 0 Å². The molecule has 5 N–H and O–H groups in total. The molecule has 0 atom stereocenters. The molecule has 120 valence electrons. The van der Waals surface area contributed by atoms with E-state index >= 15 is 0 Å². The number of carbonyl (C=O) groups excluding carboxylic acids is 2. The second kappa shape index (κ2) is 6.32. The van der Waals surface area contributed by atoms with Gasteiger partial charge in [-0.15, -0.1) is 0 Å². The van der Waals surface area contributed by atoms with Crippen molar-refractivity contribution in [1.82, 2.24) is 10.6 Å². The number of amides is 3. The maximum atomic E-state index is 11.9. The maximum absolute atomic E-state index is 11.9. The lowest BCUT2D eigenvalue weighted by molar-refractivity contribution is -0.146.